The fraction of sp³-hybridized carbons (Fsp3) is 0.500. The van der Waals surface area contributed by atoms with Crippen molar-refractivity contribution in [2.75, 3.05) is 13.2 Å². The van der Waals surface area contributed by atoms with Crippen LogP contribution in [-0.4, -0.2) is 41.7 Å². The summed E-state index contributed by atoms with van der Waals surface area (Å²) >= 11 is 0. The van der Waals surface area contributed by atoms with Crippen LogP contribution in [0.1, 0.15) is 50.5 Å². The molecule has 8 heteroatoms. The van der Waals surface area contributed by atoms with Crippen molar-refractivity contribution >= 4 is 23.2 Å². The van der Waals surface area contributed by atoms with E-state index in [0.29, 0.717) is 48.4 Å². The molecule has 1 unspecified atom stereocenters. The van der Waals surface area contributed by atoms with Gasteiger partial charge in [0.25, 0.3) is 5.69 Å². The number of carbonyl (C=O) groups excluding carboxylic acids is 2. The highest BCUT2D eigenvalue weighted by atomic mass is 16.6. The molecule has 3 atom stereocenters. The smallest absolute Gasteiger partial charge is 0.315 e. The van der Waals surface area contributed by atoms with E-state index >= 15 is 0 Å². The van der Waals surface area contributed by atoms with Gasteiger partial charge in [-0.05, 0) is 38.2 Å². The first kappa shape index (κ1) is 20.4. The molecule has 0 radical (unpaired) electrons. The van der Waals surface area contributed by atoms with E-state index in [1.807, 2.05) is 0 Å². The molecule has 4 rings (SSSR count). The van der Waals surface area contributed by atoms with Crippen molar-refractivity contribution in [2.24, 2.45) is 10.9 Å². The normalized spacial score (nSPS) is 26.2. The molecular formula is C22H24N2O6. The number of non-ortho nitro benzene ring substituents is 1. The van der Waals surface area contributed by atoms with Crippen molar-refractivity contribution in [3.63, 3.8) is 0 Å². The van der Waals surface area contributed by atoms with E-state index in [1.54, 1.807) is 19.1 Å². The van der Waals surface area contributed by atoms with Crippen LogP contribution >= 0.6 is 0 Å². The first-order valence-corrected chi connectivity index (χ1v) is 10.3. The van der Waals surface area contributed by atoms with Gasteiger partial charge in [-0.1, -0.05) is 12.1 Å². The highest BCUT2D eigenvalue weighted by Gasteiger charge is 2.43. The number of hydrogen-bond donors (Lipinski definition) is 0. The molecule has 0 saturated carbocycles. The number of ketones is 1. The molecule has 158 valence electrons. The number of Topliss-reactive ketones (excluding diaryl/α,β-unsaturated/α-hetero) is 1. The van der Waals surface area contributed by atoms with Gasteiger partial charge in [0.15, 0.2) is 5.78 Å². The quantitative estimate of drug-likeness (QED) is 0.416. The Morgan fingerprint density at radius 2 is 2.17 bits per heavy atom. The largest absolute Gasteiger partial charge is 0.462 e. The number of nitro groups is 1. The zero-order chi connectivity index (χ0) is 21.3. The fourth-order valence-electron chi connectivity index (χ4n) is 4.54. The van der Waals surface area contributed by atoms with E-state index < -0.39 is 22.7 Å². The lowest BCUT2D eigenvalue weighted by Crippen LogP contribution is -2.38. The van der Waals surface area contributed by atoms with E-state index in [1.165, 1.54) is 12.1 Å². The maximum atomic E-state index is 13.1. The van der Waals surface area contributed by atoms with Gasteiger partial charge in [-0.3, -0.25) is 24.7 Å². The van der Waals surface area contributed by atoms with Crippen molar-refractivity contribution in [1.29, 1.82) is 0 Å². The number of aliphatic imine (C=N–C) groups is 1. The van der Waals surface area contributed by atoms with Crippen LogP contribution < -0.4 is 0 Å². The number of carbonyl (C=O) groups is 2. The number of nitro benzene ring substituents is 1. The van der Waals surface area contributed by atoms with Gasteiger partial charge in [0.1, 0.15) is 12.5 Å². The summed E-state index contributed by atoms with van der Waals surface area (Å²) in [7, 11) is 0. The summed E-state index contributed by atoms with van der Waals surface area (Å²) in [6, 6.07) is 6.14. The molecular weight excluding hydrogens is 388 g/mol. The lowest BCUT2D eigenvalue weighted by atomic mass is 9.71. The molecule has 1 aliphatic carbocycles. The van der Waals surface area contributed by atoms with Crippen LogP contribution in [-0.2, 0) is 19.1 Å². The third-order valence-corrected chi connectivity index (χ3v) is 5.96. The summed E-state index contributed by atoms with van der Waals surface area (Å²) in [4.78, 5) is 41.4. The molecule has 1 saturated heterocycles. The predicted octanol–water partition coefficient (Wildman–Crippen LogP) is 3.50. The Morgan fingerprint density at radius 1 is 1.33 bits per heavy atom. The monoisotopic (exact) mass is 412 g/mol. The topological polar surface area (TPSA) is 108 Å². The lowest BCUT2D eigenvalue weighted by Gasteiger charge is -2.34. The fourth-order valence-corrected chi connectivity index (χ4v) is 4.54. The molecule has 0 amide bonds. The molecule has 0 spiro atoms. The van der Waals surface area contributed by atoms with Crippen LogP contribution in [0.25, 0.3) is 0 Å². The van der Waals surface area contributed by atoms with Crippen LogP contribution in [0, 0.1) is 16.0 Å². The molecule has 3 aliphatic rings. The van der Waals surface area contributed by atoms with Gasteiger partial charge in [-0.2, -0.15) is 0 Å². The van der Waals surface area contributed by atoms with Crippen molar-refractivity contribution in [2.45, 2.75) is 51.0 Å². The molecule has 2 heterocycles. The minimum atomic E-state index is -0.797. The Hall–Kier alpha value is -2.87. The van der Waals surface area contributed by atoms with E-state index in [2.05, 4.69) is 4.99 Å². The third kappa shape index (κ3) is 3.92. The number of allylic oxidation sites excluding steroid dienone is 2. The number of esters is 1. The Kier molecular flexibility index (Phi) is 5.76. The van der Waals surface area contributed by atoms with Gasteiger partial charge in [-0.15, -0.1) is 0 Å². The average Bonchev–Trinajstić information content (AvgIpc) is 3.25. The Balaban J connectivity index is 1.71. The summed E-state index contributed by atoms with van der Waals surface area (Å²) in [6.07, 6.45) is 3.42. The second kappa shape index (κ2) is 8.47. The van der Waals surface area contributed by atoms with Crippen LogP contribution in [0.4, 0.5) is 5.69 Å². The summed E-state index contributed by atoms with van der Waals surface area (Å²) in [5.74, 6) is -1.97. The molecule has 8 nitrogen and oxygen atoms in total. The number of benzene rings is 1. The number of ether oxygens (including phenoxy) is 2. The second-order valence-corrected chi connectivity index (χ2v) is 7.96. The highest BCUT2D eigenvalue weighted by Crippen LogP contribution is 2.44. The molecule has 0 aromatic heterocycles. The van der Waals surface area contributed by atoms with E-state index in [9.17, 15) is 19.7 Å². The number of rotatable bonds is 5. The van der Waals surface area contributed by atoms with Gasteiger partial charge < -0.3 is 9.47 Å². The maximum Gasteiger partial charge on any atom is 0.315 e. The Bertz CT molecular complexity index is 945. The van der Waals surface area contributed by atoms with E-state index in [0.717, 1.165) is 12.8 Å². The van der Waals surface area contributed by atoms with E-state index in [4.69, 9.17) is 9.47 Å². The van der Waals surface area contributed by atoms with Gasteiger partial charge in [0.05, 0.1) is 11.0 Å². The predicted molar refractivity (Wildman–Crippen MR) is 108 cm³/mol. The van der Waals surface area contributed by atoms with Crippen molar-refractivity contribution in [3.05, 3.63) is 51.2 Å². The van der Waals surface area contributed by atoms with Crippen LogP contribution in [0.2, 0.25) is 0 Å². The molecule has 1 fully saturated rings. The standard InChI is InChI=1S/C22H24N2O6/c1-13-19(22(26)30-12-16-7-4-10-29-16)20(14-5-2-6-15(11-14)24(27)28)21-17(23-13)8-3-9-18(21)25/h2,5-6,11,16,19-20H,3-4,7-10,12H2,1H3/t16-,19?,20+/m0/s1. The minimum absolute atomic E-state index is 0.0547. The zero-order valence-corrected chi connectivity index (χ0v) is 16.8. The van der Waals surface area contributed by atoms with Crippen LogP contribution in [0.5, 0.6) is 0 Å². The number of hydrogen-bond acceptors (Lipinski definition) is 7. The maximum absolute atomic E-state index is 13.1. The molecule has 0 bridgehead atoms. The molecule has 1 aromatic rings. The van der Waals surface area contributed by atoms with Gasteiger partial charge >= 0.3 is 5.97 Å². The Labute approximate surface area is 174 Å². The van der Waals surface area contributed by atoms with Crippen molar-refractivity contribution in [1.82, 2.24) is 0 Å². The van der Waals surface area contributed by atoms with Gasteiger partial charge in [0.2, 0.25) is 0 Å². The summed E-state index contributed by atoms with van der Waals surface area (Å²) < 4.78 is 11.1. The third-order valence-electron chi connectivity index (χ3n) is 5.96. The van der Waals surface area contributed by atoms with Crippen molar-refractivity contribution in [3.8, 4) is 0 Å². The zero-order valence-electron chi connectivity index (χ0n) is 16.8. The SMILES string of the molecule is CC1=NC2=C(C(=O)CCC2)[C@H](c2cccc([N+](=O)[O-])c2)C1C(=O)OC[C@@H]1CCCO1. The summed E-state index contributed by atoms with van der Waals surface area (Å²) in [5.41, 5.74) is 2.22. The molecule has 0 N–H and O–H groups in total. The van der Waals surface area contributed by atoms with Crippen LogP contribution in [0.15, 0.2) is 40.5 Å². The highest BCUT2D eigenvalue weighted by molar-refractivity contribution is 6.08. The van der Waals surface area contributed by atoms with Crippen LogP contribution in [0.3, 0.4) is 0 Å². The second-order valence-electron chi connectivity index (χ2n) is 7.96. The molecule has 2 aliphatic heterocycles. The number of nitrogens with zero attached hydrogens (tertiary/aromatic N) is 2. The van der Waals surface area contributed by atoms with E-state index in [-0.39, 0.29) is 24.2 Å². The van der Waals surface area contributed by atoms with Gasteiger partial charge in [0, 0.05) is 48.1 Å². The molecule has 1 aromatic carbocycles. The van der Waals surface area contributed by atoms with Crippen molar-refractivity contribution < 1.29 is 24.0 Å². The Morgan fingerprint density at radius 3 is 2.90 bits per heavy atom. The minimum Gasteiger partial charge on any atom is -0.462 e. The first-order chi connectivity index (χ1) is 14.5. The average molecular weight is 412 g/mol. The first-order valence-electron chi connectivity index (χ1n) is 10.3. The lowest BCUT2D eigenvalue weighted by molar-refractivity contribution is -0.384. The molecule has 30 heavy (non-hydrogen) atoms. The summed E-state index contributed by atoms with van der Waals surface area (Å²) in [5, 5.41) is 11.3. The van der Waals surface area contributed by atoms with Gasteiger partial charge in [-0.25, -0.2) is 0 Å². The summed E-state index contributed by atoms with van der Waals surface area (Å²) in [6.45, 7) is 2.57.